The molecule has 132 valence electrons. The molecule has 2 heterocycles. The predicted octanol–water partition coefficient (Wildman–Crippen LogP) is 1.82. The monoisotopic (exact) mass is 353 g/mol. The Morgan fingerprint density at radius 3 is 2.65 bits per heavy atom. The number of nitrogens with one attached hydrogen (secondary N) is 2. The lowest BCUT2D eigenvalue weighted by Crippen LogP contribution is -2.42. The second kappa shape index (κ2) is 7.47. The van der Waals surface area contributed by atoms with E-state index in [0.717, 1.165) is 0 Å². The van der Waals surface area contributed by atoms with Gasteiger partial charge in [-0.3, -0.25) is 20.4 Å². The number of amides is 2. The second-order valence-corrected chi connectivity index (χ2v) is 5.36. The molecule has 0 fully saturated rings. The van der Waals surface area contributed by atoms with Gasteiger partial charge in [0, 0.05) is 12.3 Å². The maximum absolute atomic E-state index is 12.5. The summed E-state index contributed by atoms with van der Waals surface area (Å²) in [5.74, 6) is -1.27. The maximum Gasteiger partial charge on any atom is 0.339 e. The normalized spacial score (nSPS) is 10.3. The number of ether oxygens (including phenoxy) is 1. The van der Waals surface area contributed by atoms with Gasteiger partial charge in [0.05, 0.1) is 17.3 Å². The number of pyridine rings is 1. The van der Waals surface area contributed by atoms with Gasteiger partial charge in [0.25, 0.3) is 5.91 Å². The van der Waals surface area contributed by atoms with E-state index in [2.05, 4.69) is 15.8 Å². The third-order valence-corrected chi connectivity index (χ3v) is 3.42. The van der Waals surface area contributed by atoms with Gasteiger partial charge in [0.1, 0.15) is 5.69 Å². The third kappa shape index (κ3) is 3.86. The van der Waals surface area contributed by atoms with Gasteiger partial charge in [-0.05, 0) is 24.3 Å². The molecule has 2 amide bonds. The molecule has 2 aromatic heterocycles. The lowest BCUT2D eigenvalue weighted by Gasteiger charge is -2.09. The number of esters is 1. The zero-order valence-electron chi connectivity index (χ0n) is 13.8. The average molecular weight is 353 g/mol. The first-order valence-electron chi connectivity index (χ1n) is 7.71. The molecular weight excluding hydrogens is 338 g/mol. The minimum Gasteiger partial charge on any atom is -0.463 e. The first kappa shape index (κ1) is 17.2. The van der Waals surface area contributed by atoms with Gasteiger partial charge in [-0.1, -0.05) is 18.2 Å². The van der Waals surface area contributed by atoms with Crippen LogP contribution in [0.3, 0.4) is 0 Å². The van der Waals surface area contributed by atoms with E-state index in [4.69, 9.17) is 9.15 Å². The number of nitrogens with zero attached hydrogens (tertiary/aromatic N) is 1. The van der Waals surface area contributed by atoms with Crippen molar-refractivity contribution >= 4 is 28.7 Å². The van der Waals surface area contributed by atoms with Gasteiger partial charge in [-0.25, -0.2) is 9.78 Å². The second-order valence-electron chi connectivity index (χ2n) is 5.36. The number of benzene rings is 1. The van der Waals surface area contributed by atoms with Crippen LogP contribution in [0, 0.1) is 0 Å². The van der Waals surface area contributed by atoms with Gasteiger partial charge in [0.15, 0.2) is 12.4 Å². The standard InChI is InChI=1S/C18H15N3O5/c1-11(22)20-21-17(23)10-26-18(24)13-9-15(16-7-4-8-25-16)19-14-6-3-2-5-12(13)14/h2-9H,10H2,1H3,(H,20,22)(H,21,23). The van der Waals surface area contributed by atoms with E-state index >= 15 is 0 Å². The van der Waals surface area contributed by atoms with Crippen LogP contribution in [0.25, 0.3) is 22.4 Å². The van der Waals surface area contributed by atoms with Gasteiger partial charge in [0.2, 0.25) is 5.91 Å². The number of carbonyl (C=O) groups excluding carboxylic acids is 3. The van der Waals surface area contributed by atoms with Crippen LogP contribution in [0.1, 0.15) is 17.3 Å². The molecule has 3 rings (SSSR count). The van der Waals surface area contributed by atoms with E-state index in [1.54, 1.807) is 42.5 Å². The van der Waals surface area contributed by atoms with Crippen LogP contribution < -0.4 is 10.9 Å². The summed E-state index contributed by atoms with van der Waals surface area (Å²) in [7, 11) is 0. The first-order chi connectivity index (χ1) is 12.5. The summed E-state index contributed by atoms with van der Waals surface area (Å²) in [6.45, 7) is 0.706. The van der Waals surface area contributed by atoms with Crippen LogP contribution in [-0.4, -0.2) is 29.4 Å². The minimum absolute atomic E-state index is 0.259. The number of aromatic nitrogens is 1. The molecule has 3 aromatic rings. The number of hydrogen-bond acceptors (Lipinski definition) is 6. The Kier molecular flexibility index (Phi) is 4.93. The van der Waals surface area contributed by atoms with Crippen molar-refractivity contribution in [2.24, 2.45) is 0 Å². The largest absolute Gasteiger partial charge is 0.463 e. The molecule has 0 bridgehead atoms. The highest BCUT2D eigenvalue weighted by molar-refractivity contribution is 6.05. The summed E-state index contributed by atoms with van der Waals surface area (Å²) in [4.78, 5) is 39.3. The zero-order chi connectivity index (χ0) is 18.5. The van der Waals surface area contributed by atoms with Crippen molar-refractivity contribution in [1.29, 1.82) is 0 Å². The molecule has 0 unspecified atom stereocenters. The molecule has 0 saturated heterocycles. The number of para-hydroxylation sites is 1. The van der Waals surface area contributed by atoms with Crippen molar-refractivity contribution in [2.45, 2.75) is 6.92 Å². The van der Waals surface area contributed by atoms with Gasteiger partial charge in [-0.2, -0.15) is 0 Å². The first-order valence-corrected chi connectivity index (χ1v) is 7.71. The number of furan rings is 1. The van der Waals surface area contributed by atoms with E-state index in [1.807, 2.05) is 0 Å². The number of rotatable bonds is 4. The van der Waals surface area contributed by atoms with Crippen LogP contribution in [0.2, 0.25) is 0 Å². The summed E-state index contributed by atoms with van der Waals surface area (Å²) < 4.78 is 10.4. The quantitative estimate of drug-likeness (QED) is 0.547. The molecule has 2 N–H and O–H groups in total. The lowest BCUT2D eigenvalue weighted by atomic mass is 10.1. The molecule has 0 aliphatic carbocycles. The molecule has 26 heavy (non-hydrogen) atoms. The maximum atomic E-state index is 12.5. The van der Waals surface area contributed by atoms with Crippen molar-refractivity contribution in [1.82, 2.24) is 15.8 Å². The van der Waals surface area contributed by atoms with Crippen molar-refractivity contribution in [2.75, 3.05) is 6.61 Å². The molecule has 0 aliphatic rings. The summed E-state index contributed by atoms with van der Waals surface area (Å²) in [6, 6.07) is 12.1. The van der Waals surface area contributed by atoms with E-state index in [1.165, 1.54) is 13.2 Å². The van der Waals surface area contributed by atoms with E-state index in [-0.39, 0.29) is 5.56 Å². The van der Waals surface area contributed by atoms with Crippen molar-refractivity contribution in [3.8, 4) is 11.5 Å². The summed E-state index contributed by atoms with van der Waals surface area (Å²) >= 11 is 0. The SMILES string of the molecule is CC(=O)NNC(=O)COC(=O)c1cc(-c2ccco2)nc2ccccc12. The van der Waals surface area contributed by atoms with Crippen LogP contribution in [-0.2, 0) is 14.3 Å². The Labute approximate surface area is 148 Å². The van der Waals surface area contributed by atoms with E-state index in [0.29, 0.717) is 22.4 Å². The zero-order valence-corrected chi connectivity index (χ0v) is 13.8. The Balaban J connectivity index is 1.85. The van der Waals surface area contributed by atoms with Gasteiger partial charge < -0.3 is 9.15 Å². The Morgan fingerprint density at radius 2 is 1.92 bits per heavy atom. The summed E-state index contributed by atoms with van der Waals surface area (Å²) in [6.07, 6.45) is 1.51. The highest BCUT2D eigenvalue weighted by atomic mass is 16.5. The van der Waals surface area contributed by atoms with Crippen LogP contribution in [0.5, 0.6) is 0 Å². The molecule has 0 radical (unpaired) electrons. The number of hydrazine groups is 1. The van der Waals surface area contributed by atoms with Crippen molar-refractivity contribution in [3.05, 3.63) is 54.3 Å². The third-order valence-electron chi connectivity index (χ3n) is 3.42. The van der Waals surface area contributed by atoms with Crippen LogP contribution in [0.4, 0.5) is 0 Å². The minimum atomic E-state index is -0.686. The van der Waals surface area contributed by atoms with Crippen LogP contribution in [0.15, 0.2) is 53.1 Å². The highest BCUT2D eigenvalue weighted by Crippen LogP contribution is 2.25. The Bertz CT molecular complexity index is 966. The lowest BCUT2D eigenvalue weighted by molar-refractivity contribution is -0.129. The summed E-state index contributed by atoms with van der Waals surface area (Å²) in [5, 5.41) is 0.593. The molecule has 1 aromatic carbocycles. The van der Waals surface area contributed by atoms with E-state index < -0.39 is 24.4 Å². The van der Waals surface area contributed by atoms with Crippen molar-refractivity contribution < 1.29 is 23.5 Å². The fourth-order valence-corrected chi connectivity index (χ4v) is 2.30. The predicted molar refractivity (Wildman–Crippen MR) is 91.7 cm³/mol. The average Bonchev–Trinajstić information content (AvgIpc) is 3.18. The molecular formula is C18H15N3O5. The van der Waals surface area contributed by atoms with Gasteiger partial charge >= 0.3 is 5.97 Å². The topological polar surface area (TPSA) is 111 Å². The fourth-order valence-electron chi connectivity index (χ4n) is 2.30. The summed E-state index contributed by atoms with van der Waals surface area (Å²) in [5.41, 5.74) is 5.56. The molecule has 0 spiro atoms. The molecule has 0 aliphatic heterocycles. The van der Waals surface area contributed by atoms with Crippen LogP contribution >= 0.6 is 0 Å². The fraction of sp³-hybridized carbons (Fsp3) is 0.111. The number of carbonyl (C=O) groups is 3. The Hall–Kier alpha value is -3.68. The highest BCUT2D eigenvalue weighted by Gasteiger charge is 2.17. The molecule has 0 atom stereocenters. The number of hydrogen-bond donors (Lipinski definition) is 2. The van der Waals surface area contributed by atoms with Gasteiger partial charge in [-0.15, -0.1) is 0 Å². The molecule has 0 saturated carbocycles. The molecule has 8 nitrogen and oxygen atoms in total. The molecule has 8 heteroatoms. The van der Waals surface area contributed by atoms with E-state index in [9.17, 15) is 14.4 Å². The Morgan fingerprint density at radius 1 is 1.12 bits per heavy atom. The smallest absolute Gasteiger partial charge is 0.339 e. The van der Waals surface area contributed by atoms with Crippen molar-refractivity contribution in [3.63, 3.8) is 0 Å². The number of fused-ring (bicyclic) bond motifs is 1.